The van der Waals surface area contributed by atoms with E-state index in [1.807, 2.05) is 80.7 Å². The molecule has 0 saturated carbocycles. The molecule has 39 heavy (non-hydrogen) atoms. The first-order valence-electron chi connectivity index (χ1n) is 13.1. The molecule has 7 nitrogen and oxygen atoms in total. The van der Waals surface area contributed by atoms with E-state index < -0.39 is 0 Å². The molecule has 0 bridgehead atoms. The maximum absolute atomic E-state index is 11.1. The highest BCUT2D eigenvalue weighted by atomic mass is 16.5. The van der Waals surface area contributed by atoms with Crippen LogP contribution in [-0.2, 0) is 16.1 Å². The molecular weight excluding hydrogens is 488 g/mol. The Labute approximate surface area is 230 Å². The second kappa shape index (κ2) is 15.0. The molecule has 0 aliphatic rings. The molecule has 7 heteroatoms. The van der Waals surface area contributed by atoms with E-state index in [4.69, 9.17) is 4.74 Å². The number of hydrogen-bond donors (Lipinski definition) is 2. The number of ether oxygens (including phenoxy) is 1. The number of aryl methyl sites for hydroxylation is 2. The average molecular weight is 527 g/mol. The van der Waals surface area contributed by atoms with E-state index >= 15 is 0 Å². The minimum Gasteiger partial charge on any atom is -0.497 e. The minimum absolute atomic E-state index is 0.541. The van der Waals surface area contributed by atoms with Gasteiger partial charge in [0.25, 0.3) is 0 Å². The Balaban J connectivity index is 0.000000185. The Bertz CT molecular complexity index is 1440. The Hall–Kier alpha value is -4.52. The lowest BCUT2D eigenvalue weighted by Crippen LogP contribution is -2.33. The first kappa shape index (κ1) is 29.0. The van der Waals surface area contributed by atoms with Gasteiger partial charge in [0.05, 0.1) is 7.11 Å². The number of aromatic amines is 2. The standard InChI is InChI=1S/C15H19N3O2.C10H11NO.C7H8/c1-2-17(11-19)7-8-18(12-20)10-13-3-4-14-5-6-16-15(14)9-13;1-7-5-8-6-9(12-2)3-4-10(8)11-7;1-7-5-3-2-4-6-7/h3-6,9,11-12,16H,2,7-8,10H2,1H3;3-6,11H,1-2H3;2-6H,1H3. The van der Waals surface area contributed by atoms with Gasteiger partial charge in [0.1, 0.15) is 5.75 Å². The van der Waals surface area contributed by atoms with Gasteiger partial charge in [0.2, 0.25) is 12.8 Å². The second-order valence-corrected chi connectivity index (χ2v) is 9.27. The number of benzene rings is 3. The molecule has 0 radical (unpaired) electrons. The Morgan fingerprint density at radius 1 is 0.795 bits per heavy atom. The maximum atomic E-state index is 11.1. The van der Waals surface area contributed by atoms with Crippen molar-refractivity contribution in [3.8, 4) is 5.75 Å². The van der Waals surface area contributed by atoms with Crippen molar-refractivity contribution < 1.29 is 14.3 Å². The fraction of sp³-hybridized carbons (Fsp3) is 0.250. The monoisotopic (exact) mass is 526 g/mol. The van der Waals surface area contributed by atoms with Gasteiger partial charge in [-0.1, -0.05) is 48.0 Å². The molecular formula is C32H38N4O3. The van der Waals surface area contributed by atoms with Crippen molar-refractivity contribution in [2.24, 2.45) is 0 Å². The molecule has 2 heterocycles. The number of aromatic nitrogens is 2. The van der Waals surface area contributed by atoms with E-state index in [1.54, 1.807) is 16.9 Å². The van der Waals surface area contributed by atoms with E-state index in [9.17, 15) is 9.59 Å². The van der Waals surface area contributed by atoms with Gasteiger partial charge in [-0.05, 0) is 68.1 Å². The minimum atomic E-state index is 0.541. The second-order valence-electron chi connectivity index (χ2n) is 9.27. The van der Waals surface area contributed by atoms with Crippen molar-refractivity contribution in [3.63, 3.8) is 0 Å². The molecule has 0 saturated heterocycles. The predicted octanol–water partition coefficient (Wildman–Crippen LogP) is 6.08. The van der Waals surface area contributed by atoms with Gasteiger partial charge in [-0.15, -0.1) is 0 Å². The summed E-state index contributed by atoms with van der Waals surface area (Å²) in [5.74, 6) is 0.904. The van der Waals surface area contributed by atoms with Crippen LogP contribution in [0.15, 0.2) is 85.1 Å². The van der Waals surface area contributed by atoms with Crippen molar-refractivity contribution in [1.82, 2.24) is 19.8 Å². The smallest absolute Gasteiger partial charge is 0.210 e. The molecule has 0 aliphatic heterocycles. The SMILES string of the molecule is CCN(C=O)CCN(C=O)Cc1ccc2cc[nH]c2c1.COc1ccc2[nH]c(C)cc2c1.Cc1ccccc1. The van der Waals surface area contributed by atoms with Crippen molar-refractivity contribution in [3.05, 3.63) is 102 Å². The molecule has 5 aromatic rings. The number of rotatable bonds is 9. The zero-order valence-electron chi connectivity index (χ0n) is 23.2. The summed E-state index contributed by atoms with van der Waals surface area (Å²) in [6, 6.07) is 26.5. The molecule has 0 unspecified atom stereocenters. The maximum Gasteiger partial charge on any atom is 0.210 e. The van der Waals surface area contributed by atoms with Crippen LogP contribution in [0.1, 0.15) is 23.7 Å². The van der Waals surface area contributed by atoms with Gasteiger partial charge in [0, 0.05) is 54.5 Å². The van der Waals surface area contributed by atoms with Gasteiger partial charge in [0.15, 0.2) is 0 Å². The third-order valence-electron chi connectivity index (χ3n) is 6.29. The summed E-state index contributed by atoms with van der Waals surface area (Å²) in [5.41, 5.74) is 5.80. The third-order valence-corrected chi connectivity index (χ3v) is 6.29. The van der Waals surface area contributed by atoms with Crippen LogP contribution in [0.5, 0.6) is 5.75 Å². The summed E-state index contributed by atoms with van der Waals surface area (Å²) < 4.78 is 5.12. The largest absolute Gasteiger partial charge is 0.497 e. The lowest BCUT2D eigenvalue weighted by atomic mass is 10.1. The molecule has 204 valence electrons. The summed E-state index contributed by atoms with van der Waals surface area (Å²) in [6.07, 6.45) is 3.54. The van der Waals surface area contributed by atoms with E-state index in [-0.39, 0.29) is 0 Å². The number of carbonyl (C=O) groups is 2. The van der Waals surface area contributed by atoms with E-state index in [0.29, 0.717) is 26.2 Å². The average Bonchev–Trinajstić information content (AvgIpc) is 3.58. The van der Waals surface area contributed by atoms with Crippen LogP contribution in [0.25, 0.3) is 21.8 Å². The quantitative estimate of drug-likeness (QED) is 0.228. The first-order chi connectivity index (χ1) is 18.9. The fourth-order valence-electron chi connectivity index (χ4n) is 4.06. The summed E-state index contributed by atoms with van der Waals surface area (Å²) in [5, 5.41) is 2.36. The van der Waals surface area contributed by atoms with Crippen molar-refractivity contribution >= 4 is 34.6 Å². The zero-order valence-corrected chi connectivity index (χ0v) is 23.2. The number of H-pyrrole nitrogens is 2. The molecule has 0 spiro atoms. The number of nitrogens with one attached hydrogen (secondary N) is 2. The Morgan fingerprint density at radius 2 is 1.54 bits per heavy atom. The number of fused-ring (bicyclic) bond motifs is 2. The predicted molar refractivity (Wildman–Crippen MR) is 159 cm³/mol. The van der Waals surface area contributed by atoms with Crippen LogP contribution in [0, 0.1) is 13.8 Å². The van der Waals surface area contributed by atoms with Gasteiger partial charge in [-0.3, -0.25) is 9.59 Å². The van der Waals surface area contributed by atoms with Gasteiger partial charge in [-0.25, -0.2) is 0 Å². The topological polar surface area (TPSA) is 81.4 Å². The molecule has 5 rings (SSSR count). The van der Waals surface area contributed by atoms with Crippen molar-refractivity contribution in [2.75, 3.05) is 26.7 Å². The summed E-state index contributed by atoms with van der Waals surface area (Å²) in [7, 11) is 1.68. The lowest BCUT2D eigenvalue weighted by molar-refractivity contribution is -0.121. The summed E-state index contributed by atoms with van der Waals surface area (Å²) in [6.45, 7) is 8.35. The molecule has 0 aliphatic carbocycles. The number of hydrogen-bond acceptors (Lipinski definition) is 3. The van der Waals surface area contributed by atoms with Crippen LogP contribution >= 0.6 is 0 Å². The highest BCUT2D eigenvalue weighted by Crippen LogP contribution is 2.20. The number of carbonyl (C=O) groups excluding carboxylic acids is 2. The van der Waals surface area contributed by atoms with Crippen molar-refractivity contribution in [1.29, 1.82) is 0 Å². The number of methoxy groups -OCH3 is 1. The summed E-state index contributed by atoms with van der Waals surface area (Å²) in [4.78, 5) is 31.6. The molecule has 3 aromatic carbocycles. The highest BCUT2D eigenvalue weighted by molar-refractivity contribution is 5.82. The van der Waals surface area contributed by atoms with Crippen LogP contribution in [0.2, 0.25) is 0 Å². The molecule has 2 aromatic heterocycles. The van der Waals surface area contributed by atoms with Crippen molar-refractivity contribution in [2.45, 2.75) is 27.3 Å². The number of amides is 2. The lowest BCUT2D eigenvalue weighted by Gasteiger charge is -2.21. The van der Waals surface area contributed by atoms with E-state index in [1.165, 1.54) is 16.6 Å². The van der Waals surface area contributed by atoms with Crippen LogP contribution < -0.4 is 4.74 Å². The van der Waals surface area contributed by atoms with E-state index in [2.05, 4.69) is 35.1 Å². The van der Waals surface area contributed by atoms with Gasteiger partial charge in [-0.2, -0.15) is 0 Å². The zero-order chi connectivity index (χ0) is 28.0. The normalized spacial score (nSPS) is 10.2. The molecule has 0 atom stereocenters. The molecule has 2 N–H and O–H groups in total. The van der Waals surface area contributed by atoms with Crippen LogP contribution in [0.3, 0.4) is 0 Å². The van der Waals surface area contributed by atoms with Gasteiger partial charge < -0.3 is 24.5 Å². The van der Waals surface area contributed by atoms with E-state index in [0.717, 1.165) is 40.6 Å². The number of nitrogens with zero attached hydrogens (tertiary/aromatic N) is 2. The molecule has 2 amide bonds. The Kier molecular flexibility index (Phi) is 11.2. The first-order valence-corrected chi connectivity index (χ1v) is 13.1. The van der Waals surface area contributed by atoms with Gasteiger partial charge >= 0.3 is 0 Å². The highest BCUT2D eigenvalue weighted by Gasteiger charge is 2.06. The fourth-order valence-corrected chi connectivity index (χ4v) is 4.06. The summed E-state index contributed by atoms with van der Waals surface area (Å²) >= 11 is 0. The van der Waals surface area contributed by atoms with Crippen LogP contribution in [0.4, 0.5) is 0 Å². The third kappa shape index (κ3) is 9.07. The Morgan fingerprint density at radius 3 is 2.18 bits per heavy atom. The number of likely N-dealkylation sites (N-methyl/N-ethyl adjacent to an activating group) is 1. The van der Waals surface area contributed by atoms with Crippen LogP contribution in [-0.4, -0.2) is 59.3 Å². The molecule has 0 fully saturated rings.